The number of carbonyl (C=O) groups is 1. The highest BCUT2D eigenvalue weighted by molar-refractivity contribution is 14.1. The van der Waals surface area contributed by atoms with E-state index in [1.807, 2.05) is 0 Å². The molecule has 72 valence electrons. The van der Waals surface area contributed by atoms with Gasteiger partial charge in [-0.05, 0) is 29.8 Å². The second-order valence-corrected chi connectivity index (χ2v) is 4.03. The summed E-state index contributed by atoms with van der Waals surface area (Å²) in [5, 5.41) is 3.87. The average molecular weight is 322 g/mol. The van der Waals surface area contributed by atoms with Crippen LogP contribution in [0.4, 0.5) is 0 Å². The Balaban J connectivity index is 2.89. The fourth-order valence-electron chi connectivity index (χ4n) is 0.849. The molecule has 0 aliphatic heterocycles. The van der Waals surface area contributed by atoms with E-state index in [9.17, 15) is 4.79 Å². The van der Waals surface area contributed by atoms with E-state index in [4.69, 9.17) is 17.1 Å². The van der Waals surface area contributed by atoms with Crippen LogP contribution in [0.15, 0.2) is 29.4 Å². The van der Waals surface area contributed by atoms with Crippen LogP contribution < -0.4 is 0 Å². The summed E-state index contributed by atoms with van der Waals surface area (Å²) in [6, 6.07) is 6.44. The fraction of sp³-hybridized carbons (Fsp3) is 0.125. The van der Waals surface area contributed by atoms with Crippen molar-refractivity contribution in [1.82, 2.24) is 0 Å². The molecule has 6 heteroatoms. The molecular weight excluding hydrogens is 316 g/mol. The lowest BCUT2D eigenvalue weighted by molar-refractivity contribution is 0.0995. The molecule has 0 bridgehead atoms. The molecule has 0 amide bonds. The molecule has 4 nitrogen and oxygen atoms in total. The standard InChI is InChI=1S/C8H5ClIN3O/c9-6-3-1-5(2-4-6)7(14)8(10)12-13-11/h1-4,8H. The third-order valence-corrected chi connectivity index (χ3v) is 2.56. The molecule has 0 aliphatic rings. The van der Waals surface area contributed by atoms with Crippen molar-refractivity contribution < 1.29 is 4.79 Å². The van der Waals surface area contributed by atoms with E-state index in [1.54, 1.807) is 46.9 Å². The van der Waals surface area contributed by atoms with Gasteiger partial charge in [-0.15, -0.1) is 0 Å². The second-order valence-electron chi connectivity index (χ2n) is 2.41. The Morgan fingerprint density at radius 1 is 1.50 bits per heavy atom. The molecule has 0 fully saturated rings. The van der Waals surface area contributed by atoms with Crippen molar-refractivity contribution in [2.75, 3.05) is 0 Å². The third kappa shape index (κ3) is 2.87. The number of halogens is 2. The number of benzene rings is 1. The molecular formula is C8H5ClIN3O. The quantitative estimate of drug-likeness (QED) is 0.159. The Morgan fingerprint density at radius 3 is 2.57 bits per heavy atom. The summed E-state index contributed by atoms with van der Waals surface area (Å²) in [6.07, 6.45) is 0. The number of azide groups is 1. The maximum absolute atomic E-state index is 11.5. The summed E-state index contributed by atoms with van der Waals surface area (Å²) in [6.45, 7) is 0. The molecule has 1 rings (SSSR count). The first kappa shape index (κ1) is 11.3. The molecule has 1 aromatic carbocycles. The molecule has 1 aromatic rings. The molecule has 0 aliphatic carbocycles. The molecule has 0 heterocycles. The Morgan fingerprint density at radius 2 is 2.07 bits per heavy atom. The molecule has 0 saturated carbocycles. The summed E-state index contributed by atoms with van der Waals surface area (Å²) in [5.41, 5.74) is 8.64. The largest absolute Gasteiger partial charge is 0.293 e. The number of hydrogen-bond donors (Lipinski definition) is 0. The van der Waals surface area contributed by atoms with Crippen LogP contribution in [0.5, 0.6) is 0 Å². The zero-order chi connectivity index (χ0) is 10.6. The van der Waals surface area contributed by atoms with Gasteiger partial charge in [0.15, 0.2) is 9.83 Å². The number of rotatable bonds is 3. The van der Waals surface area contributed by atoms with Crippen LogP contribution in [0.25, 0.3) is 10.4 Å². The first-order valence-electron chi connectivity index (χ1n) is 3.63. The van der Waals surface area contributed by atoms with Gasteiger partial charge in [0.1, 0.15) is 0 Å². The van der Waals surface area contributed by atoms with Gasteiger partial charge < -0.3 is 0 Å². The Hall–Kier alpha value is -0.780. The molecule has 0 spiro atoms. The zero-order valence-corrected chi connectivity index (χ0v) is 9.81. The smallest absolute Gasteiger partial charge is 0.181 e. The maximum atomic E-state index is 11.5. The van der Waals surface area contributed by atoms with Crippen LogP contribution in [0, 0.1) is 0 Å². The van der Waals surface area contributed by atoms with E-state index in [2.05, 4.69) is 10.0 Å². The summed E-state index contributed by atoms with van der Waals surface area (Å²) >= 11 is 7.44. The highest BCUT2D eigenvalue weighted by atomic mass is 127. The van der Waals surface area contributed by atoms with Gasteiger partial charge in [0.25, 0.3) is 0 Å². The van der Waals surface area contributed by atoms with Crippen LogP contribution in [-0.4, -0.2) is 9.83 Å². The van der Waals surface area contributed by atoms with Crippen molar-refractivity contribution in [3.8, 4) is 0 Å². The molecule has 0 N–H and O–H groups in total. The topological polar surface area (TPSA) is 65.8 Å². The lowest BCUT2D eigenvalue weighted by Crippen LogP contribution is -2.10. The van der Waals surface area contributed by atoms with Gasteiger partial charge in [-0.3, -0.25) is 4.79 Å². The normalized spacial score (nSPS) is 11.6. The fourth-order valence-corrected chi connectivity index (χ4v) is 1.45. The number of Topliss-reactive ketones (excluding diaryl/α,β-unsaturated/α-hetero) is 1. The van der Waals surface area contributed by atoms with E-state index in [-0.39, 0.29) is 5.78 Å². The van der Waals surface area contributed by atoms with Crippen molar-refractivity contribution in [1.29, 1.82) is 0 Å². The van der Waals surface area contributed by atoms with Crippen LogP contribution in [0.3, 0.4) is 0 Å². The van der Waals surface area contributed by atoms with Gasteiger partial charge in [-0.2, -0.15) is 0 Å². The van der Waals surface area contributed by atoms with E-state index < -0.39 is 4.05 Å². The highest BCUT2D eigenvalue weighted by Gasteiger charge is 2.14. The van der Waals surface area contributed by atoms with Crippen LogP contribution in [-0.2, 0) is 0 Å². The second kappa shape index (κ2) is 5.19. The Kier molecular flexibility index (Phi) is 4.19. The molecule has 1 unspecified atom stereocenters. The SMILES string of the molecule is [N-]=[N+]=NC(I)C(=O)c1ccc(Cl)cc1. The number of nitrogens with zero attached hydrogens (tertiary/aromatic N) is 3. The van der Waals surface area contributed by atoms with Gasteiger partial charge in [-0.25, -0.2) is 0 Å². The minimum atomic E-state index is -0.709. The summed E-state index contributed by atoms with van der Waals surface area (Å²) in [5.74, 6) is -0.222. The van der Waals surface area contributed by atoms with E-state index in [0.717, 1.165) is 0 Å². The average Bonchev–Trinajstić information content (AvgIpc) is 2.18. The summed E-state index contributed by atoms with van der Waals surface area (Å²) in [7, 11) is 0. The van der Waals surface area contributed by atoms with Crippen LogP contribution >= 0.6 is 34.2 Å². The van der Waals surface area contributed by atoms with Crippen molar-refractivity contribution in [2.24, 2.45) is 5.11 Å². The molecule has 14 heavy (non-hydrogen) atoms. The monoisotopic (exact) mass is 321 g/mol. The van der Waals surface area contributed by atoms with Gasteiger partial charge in [-0.1, -0.05) is 39.3 Å². The molecule has 1 atom stereocenters. The van der Waals surface area contributed by atoms with Crippen LogP contribution in [0.2, 0.25) is 5.02 Å². The van der Waals surface area contributed by atoms with Crippen molar-refractivity contribution in [3.63, 3.8) is 0 Å². The predicted octanol–water partition coefficient (Wildman–Crippen LogP) is 3.59. The van der Waals surface area contributed by atoms with Crippen molar-refractivity contribution in [3.05, 3.63) is 45.3 Å². The van der Waals surface area contributed by atoms with Gasteiger partial charge in [0.05, 0.1) is 0 Å². The van der Waals surface area contributed by atoms with E-state index in [0.29, 0.717) is 10.6 Å². The molecule has 0 saturated heterocycles. The predicted molar refractivity (Wildman–Crippen MR) is 62.7 cm³/mol. The minimum Gasteiger partial charge on any atom is -0.293 e. The Labute approximate surface area is 99.0 Å². The Bertz CT molecular complexity index is 386. The third-order valence-electron chi connectivity index (χ3n) is 1.50. The zero-order valence-electron chi connectivity index (χ0n) is 6.89. The molecule has 0 radical (unpaired) electrons. The first-order chi connectivity index (χ1) is 6.65. The van der Waals surface area contributed by atoms with E-state index >= 15 is 0 Å². The highest BCUT2D eigenvalue weighted by Crippen LogP contribution is 2.15. The lowest BCUT2D eigenvalue weighted by atomic mass is 10.1. The first-order valence-corrected chi connectivity index (χ1v) is 5.25. The van der Waals surface area contributed by atoms with Gasteiger partial charge in [0.2, 0.25) is 0 Å². The summed E-state index contributed by atoms with van der Waals surface area (Å²) in [4.78, 5) is 14.1. The maximum Gasteiger partial charge on any atom is 0.181 e. The number of alkyl halides is 1. The van der Waals surface area contributed by atoms with Crippen molar-refractivity contribution >= 4 is 40.0 Å². The van der Waals surface area contributed by atoms with E-state index in [1.165, 1.54) is 0 Å². The van der Waals surface area contributed by atoms with Crippen molar-refractivity contribution in [2.45, 2.75) is 4.05 Å². The summed E-state index contributed by atoms with van der Waals surface area (Å²) < 4.78 is -0.709. The number of carbonyl (C=O) groups excluding carboxylic acids is 1. The lowest BCUT2D eigenvalue weighted by Gasteiger charge is -2.01. The number of ketones is 1. The minimum absolute atomic E-state index is 0.222. The number of hydrogen-bond acceptors (Lipinski definition) is 2. The van der Waals surface area contributed by atoms with Crippen LogP contribution in [0.1, 0.15) is 10.4 Å². The van der Waals surface area contributed by atoms with Gasteiger partial charge >= 0.3 is 0 Å². The van der Waals surface area contributed by atoms with Gasteiger partial charge in [0, 0.05) is 15.5 Å². The molecule has 0 aromatic heterocycles.